The molecule has 0 saturated carbocycles. The molecule has 0 unspecified atom stereocenters. The minimum atomic E-state index is 0.274. The SMILES string of the molecule is N#Cc1c(N)nsc1NCc1ccccn1. The van der Waals surface area contributed by atoms with Crippen molar-refractivity contribution in [3.8, 4) is 6.07 Å². The molecule has 5 nitrogen and oxygen atoms in total. The molecule has 0 aromatic carbocycles. The number of nitrogen functional groups attached to an aromatic ring is 1. The Morgan fingerprint density at radius 2 is 2.38 bits per heavy atom. The molecule has 0 fully saturated rings. The molecular weight excluding hydrogens is 222 g/mol. The first-order chi connectivity index (χ1) is 7.81. The zero-order valence-electron chi connectivity index (χ0n) is 8.34. The Morgan fingerprint density at radius 1 is 1.50 bits per heavy atom. The van der Waals surface area contributed by atoms with Gasteiger partial charge in [0, 0.05) is 6.20 Å². The van der Waals surface area contributed by atoms with Crippen LogP contribution in [0.4, 0.5) is 10.8 Å². The fourth-order valence-electron chi connectivity index (χ4n) is 1.20. The van der Waals surface area contributed by atoms with Gasteiger partial charge in [0.15, 0.2) is 5.82 Å². The first-order valence-electron chi connectivity index (χ1n) is 4.60. The maximum absolute atomic E-state index is 8.87. The lowest BCUT2D eigenvalue weighted by molar-refractivity contribution is 1.05. The lowest BCUT2D eigenvalue weighted by atomic mass is 10.3. The van der Waals surface area contributed by atoms with Gasteiger partial charge in [0.25, 0.3) is 0 Å². The maximum atomic E-state index is 8.87. The Bertz CT molecular complexity index is 514. The second-order valence-electron chi connectivity index (χ2n) is 3.06. The van der Waals surface area contributed by atoms with E-state index < -0.39 is 0 Å². The monoisotopic (exact) mass is 231 g/mol. The third-order valence-corrected chi connectivity index (χ3v) is 2.81. The summed E-state index contributed by atoms with van der Waals surface area (Å²) in [5.41, 5.74) is 6.85. The van der Waals surface area contributed by atoms with Crippen LogP contribution in [-0.2, 0) is 6.54 Å². The molecular formula is C10H9N5S. The molecule has 16 heavy (non-hydrogen) atoms. The smallest absolute Gasteiger partial charge is 0.157 e. The summed E-state index contributed by atoms with van der Waals surface area (Å²) < 4.78 is 3.91. The third kappa shape index (κ3) is 2.10. The van der Waals surface area contributed by atoms with E-state index in [2.05, 4.69) is 14.7 Å². The van der Waals surface area contributed by atoms with E-state index in [0.29, 0.717) is 17.1 Å². The van der Waals surface area contributed by atoms with E-state index in [1.807, 2.05) is 24.3 Å². The lowest BCUT2D eigenvalue weighted by Crippen LogP contribution is -2.01. The van der Waals surface area contributed by atoms with Crippen LogP contribution in [0, 0.1) is 11.3 Å². The molecule has 0 saturated heterocycles. The molecule has 0 bridgehead atoms. The van der Waals surface area contributed by atoms with Crippen LogP contribution < -0.4 is 11.1 Å². The van der Waals surface area contributed by atoms with Crippen molar-refractivity contribution < 1.29 is 0 Å². The molecule has 0 aliphatic carbocycles. The Kier molecular flexibility index (Phi) is 2.98. The first-order valence-corrected chi connectivity index (χ1v) is 5.37. The van der Waals surface area contributed by atoms with E-state index in [1.54, 1.807) is 6.20 Å². The Hall–Kier alpha value is -2.13. The van der Waals surface area contributed by atoms with Crippen LogP contribution in [-0.4, -0.2) is 9.36 Å². The normalized spacial score (nSPS) is 9.69. The van der Waals surface area contributed by atoms with E-state index in [0.717, 1.165) is 5.69 Å². The molecule has 0 aliphatic heterocycles. The summed E-state index contributed by atoms with van der Waals surface area (Å²) in [7, 11) is 0. The second-order valence-corrected chi connectivity index (χ2v) is 3.83. The van der Waals surface area contributed by atoms with Gasteiger partial charge in [-0.15, -0.1) is 0 Å². The highest BCUT2D eigenvalue weighted by molar-refractivity contribution is 7.10. The summed E-state index contributed by atoms with van der Waals surface area (Å²) in [5, 5.41) is 12.6. The minimum absolute atomic E-state index is 0.274. The van der Waals surface area contributed by atoms with Crippen LogP contribution in [0.5, 0.6) is 0 Å². The average Bonchev–Trinajstić information content (AvgIpc) is 2.68. The number of aromatic nitrogens is 2. The summed E-state index contributed by atoms with van der Waals surface area (Å²) in [6, 6.07) is 7.70. The summed E-state index contributed by atoms with van der Waals surface area (Å²) in [6.07, 6.45) is 1.73. The largest absolute Gasteiger partial charge is 0.382 e. The van der Waals surface area contributed by atoms with Crippen LogP contribution in [0.25, 0.3) is 0 Å². The van der Waals surface area contributed by atoms with Crippen LogP contribution in [0.15, 0.2) is 24.4 Å². The van der Waals surface area contributed by atoms with Crippen molar-refractivity contribution in [2.24, 2.45) is 0 Å². The highest BCUT2D eigenvalue weighted by atomic mass is 32.1. The molecule has 0 atom stereocenters. The van der Waals surface area contributed by atoms with Crippen LogP contribution in [0.2, 0.25) is 0 Å². The summed E-state index contributed by atoms with van der Waals surface area (Å²) >= 11 is 1.18. The first kappa shape index (κ1) is 10.4. The Balaban J connectivity index is 2.09. The van der Waals surface area contributed by atoms with Gasteiger partial charge in [0.05, 0.1) is 12.2 Å². The standard InChI is InChI=1S/C10H9N5S/c11-5-8-9(12)15-16-10(8)14-6-7-3-1-2-4-13-7/h1-4,14H,6H2,(H2,12,15). The summed E-state index contributed by atoms with van der Waals surface area (Å²) in [4.78, 5) is 4.16. The molecule has 80 valence electrons. The van der Waals surface area contributed by atoms with Gasteiger partial charge in [-0.05, 0) is 23.7 Å². The fourth-order valence-corrected chi connectivity index (χ4v) is 1.86. The van der Waals surface area contributed by atoms with Crippen molar-refractivity contribution in [3.05, 3.63) is 35.7 Å². The quantitative estimate of drug-likeness (QED) is 0.837. The predicted octanol–water partition coefficient (Wildman–Crippen LogP) is 1.60. The number of hydrogen-bond acceptors (Lipinski definition) is 6. The molecule has 0 aliphatic rings. The Labute approximate surface area is 96.7 Å². The van der Waals surface area contributed by atoms with E-state index in [9.17, 15) is 0 Å². The number of hydrogen-bond donors (Lipinski definition) is 2. The minimum Gasteiger partial charge on any atom is -0.382 e. The lowest BCUT2D eigenvalue weighted by Gasteiger charge is -2.02. The van der Waals surface area contributed by atoms with E-state index in [-0.39, 0.29) is 5.82 Å². The highest BCUT2D eigenvalue weighted by Gasteiger charge is 2.10. The summed E-state index contributed by atoms with van der Waals surface area (Å²) in [5.74, 6) is 0.274. The maximum Gasteiger partial charge on any atom is 0.157 e. The van der Waals surface area contributed by atoms with Gasteiger partial charge in [-0.2, -0.15) is 9.64 Å². The number of pyridine rings is 1. The molecule has 0 spiro atoms. The number of rotatable bonds is 3. The number of nitriles is 1. The summed E-state index contributed by atoms with van der Waals surface area (Å²) in [6.45, 7) is 0.553. The van der Waals surface area contributed by atoms with Crippen LogP contribution in [0.3, 0.4) is 0 Å². The molecule has 2 heterocycles. The second kappa shape index (κ2) is 4.59. The van der Waals surface area contributed by atoms with Gasteiger partial charge in [-0.1, -0.05) is 6.07 Å². The molecule has 2 rings (SSSR count). The topological polar surface area (TPSA) is 87.6 Å². The van der Waals surface area contributed by atoms with E-state index in [4.69, 9.17) is 11.0 Å². The molecule has 6 heteroatoms. The van der Waals surface area contributed by atoms with Crippen LogP contribution >= 0.6 is 11.5 Å². The fraction of sp³-hybridized carbons (Fsp3) is 0.100. The zero-order valence-corrected chi connectivity index (χ0v) is 9.16. The van der Waals surface area contributed by atoms with Crippen molar-refractivity contribution >= 4 is 22.4 Å². The Morgan fingerprint density at radius 3 is 3.06 bits per heavy atom. The molecule has 2 aromatic heterocycles. The van der Waals surface area contributed by atoms with Gasteiger partial charge in [-0.3, -0.25) is 4.98 Å². The number of nitrogens with two attached hydrogens (primary N) is 1. The molecule has 3 N–H and O–H groups in total. The zero-order chi connectivity index (χ0) is 11.4. The number of nitrogens with zero attached hydrogens (tertiary/aromatic N) is 3. The van der Waals surface area contributed by atoms with Gasteiger partial charge < -0.3 is 11.1 Å². The highest BCUT2D eigenvalue weighted by Crippen LogP contribution is 2.25. The van der Waals surface area contributed by atoms with Gasteiger partial charge in [0.2, 0.25) is 0 Å². The van der Waals surface area contributed by atoms with Crippen molar-refractivity contribution in [2.45, 2.75) is 6.54 Å². The van der Waals surface area contributed by atoms with Crippen molar-refractivity contribution in [1.82, 2.24) is 9.36 Å². The molecule has 0 radical (unpaired) electrons. The number of nitrogens with one attached hydrogen (secondary N) is 1. The van der Waals surface area contributed by atoms with Gasteiger partial charge >= 0.3 is 0 Å². The average molecular weight is 231 g/mol. The molecule has 2 aromatic rings. The predicted molar refractivity (Wildman–Crippen MR) is 62.8 cm³/mol. The van der Waals surface area contributed by atoms with E-state index in [1.165, 1.54) is 11.5 Å². The molecule has 0 amide bonds. The van der Waals surface area contributed by atoms with Crippen molar-refractivity contribution in [3.63, 3.8) is 0 Å². The van der Waals surface area contributed by atoms with Crippen molar-refractivity contribution in [2.75, 3.05) is 11.1 Å². The van der Waals surface area contributed by atoms with Crippen LogP contribution in [0.1, 0.15) is 11.3 Å². The van der Waals surface area contributed by atoms with E-state index >= 15 is 0 Å². The van der Waals surface area contributed by atoms with Crippen molar-refractivity contribution in [1.29, 1.82) is 5.26 Å². The number of anilines is 2. The van der Waals surface area contributed by atoms with Gasteiger partial charge in [-0.25, -0.2) is 0 Å². The van der Waals surface area contributed by atoms with Gasteiger partial charge in [0.1, 0.15) is 16.6 Å². The third-order valence-electron chi connectivity index (χ3n) is 1.99.